The summed E-state index contributed by atoms with van der Waals surface area (Å²) in [5.41, 5.74) is 10.7. The standard InChI is InChI=1S/C21H29N3.ClH/c1-15(2)17-8-12-19(13-9-17)24(20(22)23)14-16-6-10-18(11-7-16)21(3,4)5;/h6-13,15H,14H2,1-5H3,(H3,22,23);1H. The molecule has 2 rings (SSSR count). The highest BCUT2D eigenvalue weighted by Crippen LogP contribution is 2.24. The third-order valence-corrected chi connectivity index (χ3v) is 4.32. The minimum Gasteiger partial charge on any atom is -0.370 e. The molecule has 136 valence electrons. The molecule has 0 bridgehead atoms. The number of anilines is 1. The molecule has 4 heteroatoms. The van der Waals surface area contributed by atoms with Gasteiger partial charge in [-0.25, -0.2) is 0 Å². The Hall–Kier alpha value is -2.00. The molecular formula is C21H30ClN3. The average Bonchev–Trinajstić information content (AvgIpc) is 2.52. The fourth-order valence-corrected chi connectivity index (χ4v) is 2.65. The van der Waals surface area contributed by atoms with Gasteiger partial charge in [-0.1, -0.05) is 71.0 Å². The lowest BCUT2D eigenvalue weighted by Gasteiger charge is -2.24. The van der Waals surface area contributed by atoms with Gasteiger partial charge in [0.05, 0.1) is 6.54 Å². The van der Waals surface area contributed by atoms with E-state index in [1.807, 2.05) is 17.0 Å². The Morgan fingerprint density at radius 2 is 1.52 bits per heavy atom. The molecule has 2 aromatic carbocycles. The van der Waals surface area contributed by atoms with Crippen molar-refractivity contribution in [3.63, 3.8) is 0 Å². The fourth-order valence-electron chi connectivity index (χ4n) is 2.65. The SMILES string of the molecule is CC(C)c1ccc(N(Cc2ccc(C(C)(C)C)cc2)C(=N)N)cc1.Cl. The van der Waals surface area contributed by atoms with Gasteiger partial charge in [0.15, 0.2) is 5.96 Å². The highest BCUT2D eigenvalue weighted by Gasteiger charge is 2.15. The van der Waals surface area contributed by atoms with Gasteiger partial charge in [-0.3, -0.25) is 5.41 Å². The Balaban J connectivity index is 0.00000312. The first-order valence-corrected chi connectivity index (χ1v) is 8.49. The normalized spacial score (nSPS) is 11.1. The number of nitrogens with zero attached hydrogens (tertiary/aromatic N) is 1. The van der Waals surface area contributed by atoms with Gasteiger partial charge in [0.2, 0.25) is 0 Å². The third-order valence-electron chi connectivity index (χ3n) is 4.32. The van der Waals surface area contributed by atoms with E-state index in [4.69, 9.17) is 11.1 Å². The van der Waals surface area contributed by atoms with Gasteiger partial charge in [0.25, 0.3) is 0 Å². The zero-order valence-electron chi connectivity index (χ0n) is 15.8. The topological polar surface area (TPSA) is 53.1 Å². The summed E-state index contributed by atoms with van der Waals surface area (Å²) in [7, 11) is 0. The maximum atomic E-state index is 7.92. The molecule has 3 nitrogen and oxygen atoms in total. The van der Waals surface area contributed by atoms with Crippen molar-refractivity contribution in [2.75, 3.05) is 4.90 Å². The number of nitrogens with one attached hydrogen (secondary N) is 1. The van der Waals surface area contributed by atoms with Gasteiger partial charge in [-0.05, 0) is 40.2 Å². The number of guanidine groups is 1. The second-order valence-electron chi connectivity index (χ2n) is 7.66. The molecule has 0 aromatic heterocycles. The number of nitrogens with two attached hydrogens (primary N) is 1. The van der Waals surface area contributed by atoms with Crippen LogP contribution in [-0.2, 0) is 12.0 Å². The van der Waals surface area contributed by atoms with Crippen molar-refractivity contribution in [2.45, 2.75) is 52.5 Å². The summed E-state index contributed by atoms with van der Waals surface area (Å²) in [6.45, 7) is 11.6. The van der Waals surface area contributed by atoms with E-state index in [2.05, 4.69) is 71.0 Å². The fraction of sp³-hybridized carbons (Fsp3) is 0.381. The number of hydrogen-bond donors (Lipinski definition) is 2. The molecular weight excluding hydrogens is 330 g/mol. The summed E-state index contributed by atoms with van der Waals surface area (Å²) in [5, 5.41) is 7.92. The van der Waals surface area contributed by atoms with Crippen molar-refractivity contribution in [3.05, 3.63) is 65.2 Å². The van der Waals surface area contributed by atoms with Gasteiger partial charge in [0.1, 0.15) is 0 Å². The molecule has 0 saturated carbocycles. The largest absolute Gasteiger partial charge is 0.370 e. The Labute approximate surface area is 158 Å². The van der Waals surface area contributed by atoms with Gasteiger partial charge in [0, 0.05) is 5.69 Å². The summed E-state index contributed by atoms with van der Waals surface area (Å²) in [4.78, 5) is 1.83. The quantitative estimate of drug-likeness (QED) is 0.565. The van der Waals surface area contributed by atoms with E-state index in [0.29, 0.717) is 12.5 Å². The predicted molar refractivity (Wildman–Crippen MR) is 111 cm³/mol. The molecule has 0 saturated heterocycles. The van der Waals surface area contributed by atoms with E-state index in [1.54, 1.807) is 0 Å². The van der Waals surface area contributed by atoms with Crippen molar-refractivity contribution < 1.29 is 0 Å². The predicted octanol–water partition coefficient (Wildman–Crippen LogP) is 5.43. The molecule has 0 heterocycles. The van der Waals surface area contributed by atoms with E-state index in [9.17, 15) is 0 Å². The van der Waals surface area contributed by atoms with Crippen LogP contribution in [0.4, 0.5) is 5.69 Å². The van der Waals surface area contributed by atoms with Gasteiger partial charge >= 0.3 is 0 Å². The van der Waals surface area contributed by atoms with E-state index < -0.39 is 0 Å². The maximum absolute atomic E-state index is 7.92. The van der Waals surface area contributed by atoms with E-state index in [-0.39, 0.29) is 23.8 Å². The summed E-state index contributed by atoms with van der Waals surface area (Å²) < 4.78 is 0. The number of halogens is 1. The summed E-state index contributed by atoms with van der Waals surface area (Å²) in [5.74, 6) is 0.557. The van der Waals surface area contributed by atoms with Crippen LogP contribution in [0.25, 0.3) is 0 Å². The number of rotatable bonds is 4. The van der Waals surface area contributed by atoms with Crippen LogP contribution >= 0.6 is 12.4 Å². The third kappa shape index (κ3) is 5.50. The first-order valence-electron chi connectivity index (χ1n) is 8.49. The highest BCUT2D eigenvalue weighted by atomic mass is 35.5. The van der Waals surface area contributed by atoms with Crippen molar-refractivity contribution in [1.29, 1.82) is 5.41 Å². The van der Waals surface area contributed by atoms with Crippen LogP contribution in [0, 0.1) is 5.41 Å². The second kappa shape index (κ2) is 8.39. The van der Waals surface area contributed by atoms with Crippen molar-refractivity contribution in [1.82, 2.24) is 0 Å². The molecule has 0 fully saturated rings. The first kappa shape index (κ1) is 21.0. The van der Waals surface area contributed by atoms with Crippen molar-refractivity contribution >= 4 is 24.1 Å². The molecule has 0 atom stereocenters. The molecule has 2 aromatic rings. The minimum atomic E-state index is 0. The zero-order chi connectivity index (χ0) is 17.9. The maximum Gasteiger partial charge on any atom is 0.193 e. The van der Waals surface area contributed by atoms with E-state index in [1.165, 1.54) is 11.1 Å². The molecule has 3 N–H and O–H groups in total. The highest BCUT2D eigenvalue weighted by molar-refractivity contribution is 5.92. The van der Waals surface area contributed by atoms with E-state index in [0.717, 1.165) is 11.3 Å². The Morgan fingerprint density at radius 1 is 1.00 bits per heavy atom. The Kier molecular flexibility index (Phi) is 7.06. The Morgan fingerprint density at radius 3 is 1.92 bits per heavy atom. The summed E-state index contributed by atoms with van der Waals surface area (Å²) in [6.07, 6.45) is 0. The van der Waals surface area contributed by atoms with Crippen LogP contribution in [0.5, 0.6) is 0 Å². The van der Waals surface area contributed by atoms with Crippen molar-refractivity contribution in [3.8, 4) is 0 Å². The number of hydrogen-bond acceptors (Lipinski definition) is 1. The average molecular weight is 360 g/mol. The van der Waals surface area contributed by atoms with Gasteiger partial charge < -0.3 is 10.6 Å². The first-order chi connectivity index (χ1) is 11.2. The lowest BCUT2D eigenvalue weighted by Crippen LogP contribution is -2.35. The zero-order valence-corrected chi connectivity index (χ0v) is 16.7. The molecule has 0 amide bonds. The minimum absolute atomic E-state index is 0. The molecule has 25 heavy (non-hydrogen) atoms. The monoisotopic (exact) mass is 359 g/mol. The second-order valence-corrected chi connectivity index (χ2v) is 7.66. The van der Waals surface area contributed by atoms with Gasteiger partial charge in [-0.15, -0.1) is 12.4 Å². The summed E-state index contributed by atoms with van der Waals surface area (Å²) in [6, 6.07) is 16.9. The smallest absolute Gasteiger partial charge is 0.193 e. The molecule has 0 aliphatic carbocycles. The van der Waals surface area contributed by atoms with Crippen LogP contribution in [0.1, 0.15) is 57.2 Å². The van der Waals surface area contributed by atoms with Crippen molar-refractivity contribution in [2.24, 2.45) is 5.73 Å². The van der Waals surface area contributed by atoms with Crippen LogP contribution < -0.4 is 10.6 Å². The van der Waals surface area contributed by atoms with Crippen LogP contribution in [0.15, 0.2) is 48.5 Å². The number of benzene rings is 2. The lowest BCUT2D eigenvalue weighted by atomic mass is 9.87. The van der Waals surface area contributed by atoms with Gasteiger partial charge in [-0.2, -0.15) is 0 Å². The van der Waals surface area contributed by atoms with Crippen LogP contribution in [-0.4, -0.2) is 5.96 Å². The molecule has 0 aliphatic heterocycles. The summed E-state index contributed by atoms with van der Waals surface area (Å²) >= 11 is 0. The Bertz CT molecular complexity index is 683. The molecule has 0 spiro atoms. The van der Waals surface area contributed by atoms with Crippen LogP contribution in [0.2, 0.25) is 0 Å². The molecule has 0 unspecified atom stereocenters. The molecule has 0 radical (unpaired) electrons. The lowest BCUT2D eigenvalue weighted by molar-refractivity contribution is 0.590. The molecule has 0 aliphatic rings. The van der Waals surface area contributed by atoms with Crippen LogP contribution in [0.3, 0.4) is 0 Å². The van der Waals surface area contributed by atoms with E-state index >= 15 is 0 Å².